The third-order valence-electron chi connectivity index (χ3n) is 5.97. The second kappa shape index (κ2) is 11.5. The predicted octanol–water partition coefficient (Wildman–Crippen LogP) is 3.45. The van der Waals surface area contributed by atoms with Gasteiger partial charge in [0, 0.05) is 33.0 Å². The van der Waals surface area contributed by atoms with Crippen LogP contribution in [0.4, 0.5) is 5.69 Å². The van der Waals surface area contributed by atoms with Crippen molar-refractivity contribution in [1.29, 1.82) is 0 Å². The number of rotatable bonds is 10. The smallest absolute Gasteiger partial charge is 0.265 e. The zero-order chi connectivity index (χ0) is 24.6. The highest BCUT2D eigenvalue weighted by molar-refractivity contribution is 7.93. The molecule has 1 aliphatic rings. The van der Waals surface area contributed by atoms with Crippen LogP contribution in [0.3, 0.4) is 0 Å². The molecule has 1 amide bonds. The summed E-state index contributed by atoms with van der Waals surface area (Å²) in [6, 6.07) is 14.3. The fourth-order valence-corrected chi connectivity index (χ4v) is 5.80. The quantitative estimate of drug-likeness (QED) is 0.300. The molecule has 2 aromatic carbocycles. The first-order chi connectivity index (χ1) is 16.3. The topological polar surface area (TPSA) is 105 Å². The lowest BCUT2D eigenvalue weighted by Gasteiger charge is -2.34. The molecular formula is C25H32N2O6S. The van der Waals surface area contributed by atoms with Crippen LogP contribution in [0.15, 0.2) is 59.5 Å². The number of nitrogens with one attached hydrogen (secondary N) is 1. The van der Waals surface area contributed by atoms with Crippen molar-refractivity contribution in [1.82, 2.24) is 5.48 Å². The summed E-state index contributed by atoms with van der Waals surface area (Å²) in [5.74, 6) is -0.382. The summed E-state index contributed by atoms with van der Waals surface area (Å²) in [5, 5.41) is 9.13. The van der Waals surface area contributed by atoms with Gasteiger partial charge in [-0.2, -0.15) is 0 Å². The monoisotopic (exact) mass is 488 g/mol. The molecule has 3 rings (SSSR count). The van der Waals surface area contributed by atoms with Crippen LogP contribution in [-0.2, 0) is 19.4 Å². The molecule has 0 bridgehead atoms. The molecule has 0 aromatic heterocycles. The van der Waals surface area contributed by atoms with E-state index in [-0.39, 0.29) is 31.0 Å². The lowest BCUT2D eigenvalue weighted by molar-refractivity contribution is -0.134. The zero-order valence-corrected chi connectivity index (χ0v) is 20.4. The third-order valence-corrected chi connectivity index (χ3v) is 8.48. The number of unbranched alkanes of at least 4 members (excludes halogenated alkanes) is 1. The summed E-state index contributed by atoms with van der Waals surface area (Å²) in [6.07, 6.45) is 5.80. The maximum Gasteiger partial charge on any atom is 0.265 e. The summed E-state index contributed by atoms with van der Waals surface area (Å²) in [7, 11) is -0.0184. The number of hydrogen-bond acceptors (Lipinski definition) is 7. The van der Waals surface area contributed by atoms with E-state index in [1.165, 1.54) is 17.6 Å². The molecule has 0 radical (unpaired) electrons. The molecule has 0 atom stereocenters. The molecule has 0 aliphatic carbocycles. The Hall–Kier alpha value is -2.88. The minimum absolute atomic E-state index is 0.00793. The SMILES string of the molecule is CN(C)c1ccc(C=CCCCOc2ccc(S(=O)(=O)C3(C(=O)NO)CCOCC3)cc2)cc1. The minimum Gasteiger partial charge on any atom is -0.494 e. The number of hydrogen-bond donors (Lipinski definition) is 2. The van der Waals surface area contributed by atoms with Crippen LogP contribution in [0.2, 0.25) is 0 Å². The van der Waals surface area contributed by atoms with Gasteiger partial charge in [0.15, 0.2) is 14.6 Å². The number of hydroxylamine groups is 1. The standard InChI is InChI=1S/C25H32N2O6S/c1-27(2)21-9-7-20(8-10-21)6-4-3-5-17-33-22-11-13-23(14-12-22)34(30,31)25(24(28)26-29)15-18-32-19-16-25/h4,6-14,29H,3,5,15-19H2,1-2H3,(H,26,28). The van der Waals surface area contributed by atoms with Gasteiger partial charge < -0.3 is 14.4 Å². The molecule has 0 unspecified atom stereocenters. The number of carbonyl (C=O) groups excluding carboxylic acids is 1. The summed E-state index contributed by atoms with van der Waals surface area (Å²) >= 11 is 0. The Labute approximate surface area is 201 Å². The van der Waals surface area contributed by atoms with E-state index in [9.17, 15) is 13.2 Å². The molecule has 1 fully saturated rings. The summed E-state index contributed by atoms with van der Waals surface area (Å²) in [5.41, 5.74) is 3.81. The average Bonchev–Trinajstić information content (AvgIpc) is 2.86. The van der Waals surface area contributed by atoms with E-state index >= 15 is 0 Å². The van der Waals surface area contributed by atoms with E-state index in [4.69, 9.17) is 14.7 Å². The van der Waals surface area contributed by atoms with Gasteiger partial charge in [-0.1, -0.05) is 24.3 Å². The van der Waals surface area contributed by atoms with Crippen molar-refractivity contribution in [3.8, 4) is 5.75 Å². The lowest BCUT2D eigenvalue weighted by Crippen LogP contribution is -2.54. The van der Waals surface area contributed by atoms with Crippen LogP contribution >= 0.6 is 0 Å². The summed E-state index contributed by atoms with van der Waals surface area (Å²) < 4.78 is 35.7. The molecule has 184 valence electrons. The zero-order valence-electron chi connectivity index (χ0n) is 19.6. The van der Waals surface area contributed by atoms with Gasteiger partial charge in [-0.3, -0.25) is 10.0 Å². The molecule has 1 saturated heterocycles. The van der Waals surface area contributed by atoms with Crippen molar-refractivity contribution in [2.24, 2.45) is 0 Å². The van der Waals surface area contributed by atoms with E-state index in [2.05, 4.69) is 41.3 Å². The van der Waals surface area contributed by atoms with Gasteiger partial charge >= 0.3 is 0 Å². The second-order valence-electron chi connectivity index (χ2n) is 8.40. The number of anilines is 1. The van der Waals surface area contributed by atoms with Crippen LogP contribution < -0.4 is 15.1 Å². The van der Waals surface area contributed by atoms with Crippen molar-refractivity contribution in [3.05, 3.63) is 60.2 Å². The first-order valence-electron chi connectivity index (χ1n) is 11.2. The second-order valence-corrected chi connectivity index (χ2v) is 10.7. The molecule has 2 N–H and O–H groups in total. The number of ether oxygens (including phenoxy) is 2. The number of carbonyl (C=O) groups is 1. The van der Waals surface area contributed by atoms with Crippen molar-refractivity contribution >= 4 is 27.5 Å². The summed E-state index contributed by atoms with van der Waals surface area (Å²) in [4.78, 5) is 14.4. The van der Waals surface area contributed by atoms with E-state index in [0.29, 0.717) is 12.4 Å². The Balaban J connectivity index is 1.53. The van der Waals surface area contributed by atoms with E-state index < -0.39 is 20.5 Å². The molecule has 1 aliphatic heterocycles. The van der Waals surface area contributed by atoms with Gasteiger partial charge in [0.05, 0.1) is 11.5 Å². The van der Waals surface area contributed by atoms with Crippen molar-refractivity contribution in [2.45, 2.75) is 35.3 Å². The fourth-order valence-electron chi connectivity index (χ4n) is 3.86. The molecule has 0 saturated carbocycles. The number of amides is 1. The molecule has 1 heterocycles. The van der Waals surface area contributed by atoms with Crippen LogP contribution in [0.25, 0.3) is 6.08 Å². The number of allylic oxidation sites excluding steroid dienone is 1. The van der Waals surface area contributed by atoms with Gasteiger partial charge in [-0.15, -0.1) is 0 Å². The highest BCUT2D eigenvalue weighted by Gasteiger charge is 2.52. The molecule has 0 spiro atoms. The van der Waals surface area contributed by atoms with Crippen LogP contribution in [-0.4, -0.2) is 58.2 Å². The molecule has 34 heavy (non-hydrogen) atoms. The Morgan fingerprint density at radius 1 is 1.12 bits per heavy atom. The maximum absolute atomic E-state index is 13.2. The van der Waals surface area contributed by atoms with Gasteiger partial charge in [-0.05, 0) is 67.6 Å². The van der Waals surface area contributed by atoms with Gasteiger partial charge in [0.25, 0.3) is 5.91 Å². The molecule has 9 heteroatoms. The number of sulfone groups is 1. The number of nitrogens with zero attached hydrogens (tertiary/aromatic N) is 1. The highest BCUT2D eigenvalue weighted by Crippen LogP contribution is 2.35. The van der Waals surface area contributed by atoms with E-state index in [0.717, 1.165) is 24.1 Å². The normalized spacial score (nSPS) is 15.7. The highest BCUT2D eigenvalue weighted by atomic mass is 32.2. The maximum atomic E-state index is 13.2. The van der Waals surface area contributed by atoms with Gasteiger partial charge in [0.2, 0.25) is 0 Å². The first-order valence-corrected chi connectivity index (χ1v) is 12.7. The van der Waals surface area contributed by atoms with Gasteiger partial charge in [0.1, 0.15) is 5.75 Å². The third kappa shape index (κ3) is 5.78. The Kier molecular flexibility index (Phi) is 8.71. The van der Waals surface area contributed by atoms with Crippen molar-refractivity contribution in [2.75, 3.05) is 38.8 Å². The van der Waals surface area contributed by atoms with E-state index in [1.54, 1.807) is 12.1 Å². The summed E-state index contributed by atoms with van der Waals surface area (Å²) in [6.45, 7) is 0.748. The Morgan fingerprint density at radius 3 is 2.35 bits per heavy atom. The predicted molar refractivity (Wildman–Crippen MR) is 131 cm³/mol. The largest absolute Gasteiger partial charge is 0.494 e. The van der Waals surface area contributed by atoms with Crippen molar-refractivity contribution < 1.29 is 27.9 Å². The van der Waals surface area contributed by atoms with Crippen molar-refractivity contribution in [3.63, 3.8) is 0 Å². The van der Waals surface area contributed by atoms with E-state index in [1.807, 2.05) is 14.1 Å². The van der Waals surface area contributed by atoms with Crippen LogP contribution in [0, 0.1) is 0 Å². The average molecular weight is 489 g/mol. The number of benzene rings is 2. The molecule has 2 aromatic rings. The molecular weight excluding hydrogens is 456 g/mol. The minimum atomic E-state index is -4.04. The molecule has 8 nitrogen and oxygen atoms in total. The Bertz CT molecular complexity index is 1070. The first kappa shape index (κ1) is 25.7. The van der Waals surface area contributed by atoms with Gasteiger partial charge in [-0.25, -0.2) is 13.9 Å². The Morgan fingerprint density at radius 2 is 1.76 bits per heavy atom. The fraction of sp³-hybridized carbons (Fsp3) is 0.400. The van der Waals surface area contributed by atoms with Crippen LogP contribution in [0.1, 0.15) is 31.2 Å². The van der Waals surface area contributed by atoms with Crippen LogP contribution in [0.5, 0.6) is 5.75 Å². The lowest BCUT2D eigenvalue weighted by atomic mass is 9.98.